The fraction of sp³-hybridized carbons (Fsp3) is 0.450. The molecule has 2 aliphatic heterocycles. The molecule has 1 spiro atoms. The van der Waals surface area contributed by atoms with E-state index in [1.54, 1.807) is 36.9 Å². The van der Waals surface area contributed by atoms with E-state index in [1.807, 2.05) is 17.0 Å². The van der Waals surface area contributed by atoms with Gasteiger partial charge in [-0.2, -0.15) is 0 Å². The quantitative estimate of drug-likeness (QED) is 0.845. The molecule has 0 bridgehead atoms. The van der Waals surface area contributed by atoms with E-state index < -0.39 is 0 Å². The van der Waals surface area contributed by atoms with Crippen LogP contribution in [0.5, 0.6) is 0 Å². The SMILES string of the molecule is O=C(c1ccncc1)N1CCC2(CC1)C[C@H](OCc1ccncc1)CO2. The van der Waals surface area contributed by atoms with Crippen molar-refractivity contribution in [1.29, 1.82) is 0 Å². The largest absolute Gasteiger partial charge is 0.372 e. The molecule has 0 radical (unpaired) electrons. The van der Waals surface area contributed by atoms with Gasteiger partial charge in [0.15, 0.2) is 0 Å². The van der Waals surface area contributed by atoms with Crippen LogP contribution in [0, 0.1) is 0 Å². The van der Waals surface area contributed by atoms with Crippen molar-refractivity contribution >= 4 is 5.91 Å². The number of likely N-dealkylation sites (tertiary alicyclic amines) is 1. The van der Waals surface area contributed by atoms with E-state index in [4.69, 9.17) is 9.47 Å². The number of carbonyl (C=O) groups is 1. The van der Waals surface area contributed by atoms with Gasteiger partial charge in [-0.1, -0.05) is 0 Å². The summed E-state index contributed by atoms with van der Waals surface area (Å²) in [6.07, 6.45) is 9.60. The molecule has 4 rings (SSSR count). The zero-order chi connectivity index (χ0) is 17.8. The van der Waals surface area contributed by atoms with Crippen LogP contribution in [0.3, 0.4) is 0 Å². The molecular formula is C20H23N3O3. The lowest BCUT2D eigenvalue weighted by Gasteiger charge is -2.38. The molecule has 2 aromatic rings. The lowest BCUT2D eigenvalue weighted by molar-refractivity contribution is -0.0412. The molecule has 1 amide bonds. The highest BCUT2D eigenvalue weighted by atomic mass is 16.6. The second kappa shape index (κ2) is 7.51. The first-order chi connectivity index (χ1) is 12.7. The van der Waals surface area contributed by atoms with Gasteiger partial charge in [0.05, 0.1) is 24.9 Å². The van der Waals surface area contributed by atoms with Crippen LogP contribution in [0.25, 0.3) is 0 Å². The highest BCUT2D eigenvalue weighted by Gasteiger charge is 2.43. The van der Waals surface area contributed by atoms with E-state index in [0.717, 1.165) is 37.9 Å². The second-order valence-corrected chi connectivity index (χ2v) is 7.01. The smallest absolute Gasteiger partial charge is 0.253 e. The number of rotatable bonds is 4. The summed E-state index contributed by atoms with van der Waals surface area (Å²) in [5.74, 6) is 0.0748. The standard InChI is InChI=1S/C20H23N3O3/c24-19(17-3-9-22-10-4-17)23-11-5-20(6-12-23)13-18(15-26-20)25-14-16-1-7-21-8-2-16/h1-4,7-10,18H,5-6,11-15H2/t18-/m0/s1. The Hall–Kier alpha value is -2.31. The Labute approximate surface area is 153 Å². The first kappa shape index (κ1) is 17.1. The number of nitrogens with zero attached hydrogens (tertiary/aromatic N) is 3. The number of hydrogen-bond donors (Lipinski definition) is 0. The summed E-state index contributed by atoms with van der Waals surface area (Å²) >= 11 is 0. The van der Waals surface area contributed by atoms with Crippen LogP contribution in [-0.2, 0) is 16.1 Å². The van der Waals surface area contributed by atoms with Gasteiger partial charge in [-0.15, -0.1) is 0 Å². The summed E-state index contributed by atoms with van der Waals surface area (Å²) < 4.78 is 12.2. The Morgan fingerprint density at radius 1 is 1.12 bits per heavy atom. The molecule has 0 N–H and O–H groups in total. The van der Waals surface area contributed by atoms with E-state index >= 15 is 0 Å². The number of piperidine rings is 1. The van der Waals surface area contributed by atoms with Crippen LogP contribution in [0.1, 0.15) is 35.2 Å². The van der Waals surface area contributed by atoms with Gasteiger partial charge in [-0.25, -0.2) is 0 Å². The summed E-state index contributed by atoms with van der Waals surface area (Å²) in [4.78, 5) is 22.5. The van der Waals surface area contributed by atoms with Crippen molar-refractivity contribution in [3.05, 3.63) is 60.2 Å². The lowest BCUT2D eigenvalue weighted by atomic mass is 9.87. The summed E-state index contributed by atoms with van der Waals surface area (Å²) in [6.45, 7) is 2.65. The van der Waals surface area contributed by atoms with E-state index in [0.29, 0.717) is 18.8 Å². The molecule has 0 saturated carbocycles. The average molecular weight is 353 g/mol. The van der Waals surface area contributed by atoms with Gasteiger partial charge in [0.2, 0.25) is 0 Å². The van der Waals surface area contributed by atoms with E-state index in [9.17, 15) is 4.79 Å². The van der Waals surface area contributed by atoms with Crippen LogP contribution >= 0.6 is 0 Å². The van der Waals surface area contributed by atoms with Crippen LogP contribution < -0.4 is 0 Å². The van der Waals surface area contributed by atoms with Crippen molar-refractivity contribution in [3.8, 4) is 0 Å². The van der Waals surface area contributed by atoms with Crippen molar-refractivity contribution in [3.63, 3.8) is 0 Å². The predicted octanol–water partition coefficient (Wildman–Crippen LogP) is 2.46. The molecule has 6 heteroatoms. The first-order valence-electron chi connectivity index (χ1n) is 9.08. The Morgan fingerprint density at radius 3 is 2.46 bits per heavy atom. The van der Waals surface area contributed by atoms with Crippen LogP contribution in [0.15, 0.2) is 49.1 Å². The Balaban J connectivity index is 1.28. The fourth-order valence-corrected chi connectivity index (χ4v) is 3.75. The minimum atomic E-state index is -0.141. The van der Waals surface area contributed by atoms with Crippen LogP contribution in [-0.4, -0.2) is 52.2 Å². The van der Waals surface area contributed by atoms with Gasteiger partial charge in [0.1, 0.15) is 0 Å². The Bertz CT molecular complexity index is 730. The molecule has 136 valence electrons. The number of hydrogen-bond acceptors (Lipinski definition) is 5. The molecule has 0 unspecified atom stereocenters. The van der Waals surface area contributed by atoms with Crippen LogP contribution in [0.2, 0.25) is 0 Å². The van der Waals surface area contributed by atoms with Crippen molar-refractivity contribution in [2.45, 2.75) is 37.6 Å². The number of pyridine rings is 2. The molecule has 2 fully saturated rings. The van der Waals surface area contributed by atoms with Gasteiger partial charge in [0, 0.05) is 49.9 Å². The van der Waals surface area contributed by atoms with Gasteiger partial charge >= 0.3 is 0 Å². The number of ether oxygens (including phenoxy) is 2. The summed E-state index contributed by atoms with van der Waals surface area (Å²) in [6, 6.07) is 7.47. The van der Waals surface area contributed by atoms with Gasteiger partial charge in [-0.05, 0) is 42.7 Å². The molecular weight excluding hydrogens is 330 g/mol. The number of amides is 1. The topological polar surface area (TPSA) is 64.6 Å². The molecule has 6 nitrogen and oxygen atoms in total. The van der Waals surface area contributed by atoms with Crippen molar-refractivity contribution in [2.24, 2.45) is 0 Å². The van der Waals surface area contributed by atoms with E-state index in [-0.39, 0.29) is 17.6 Å². The third-order valence-electron chi connectivity index (χ3n) is 5.30. The Morgan fingerprint density at radius 2 is 1.77 bits per heavy atom. The minimum absolute atomic E-state index is 0.0748. The molecule has 2 aromatic heterocycles. The maximum atomic E-state index is 12.6. The normalized spacial score (nSPS) is 21.8. The molecule has 0 aliphatic carbocycles. The molecule has 2 aliphatic rings. The maximum absolute atomic E-state index is 12.6. The average Bonchev–Trinajstić information content (AvgIpc) is 3.10. The van der Waals surface area contributed by atoms with Crippen molar-refractivity contribution in [2.75, 3.05) is 19.7 Å². The van der Waals surface area contributed by atoms with E-state index in [1.165, 1.54) is 0 Å². The lowest BCUT2D eigenvalue weighted by Crippen LogP contribution is -2.46. The van der Waals surface area contributed by atoms with Gasteiger partial charge in [-0.3, -0.25) is 14.8 Å². The summed E-state index contributed by atoms with van der Waals surface area (Å²) in [5.41, 5.74) is 1.68. The summed E-state index contributed by atoms with van der Waals surface area (Å²) in [5, 5.41) is 0. The summed E-state index contributed by atoms with van der Waals surface area (Å²) in [7, 11) is 0. The van der Waals surface area contributed by atoms with Gasteiger partial charge < -0.3 is 14.4 Å². The third-order valence-corrected chi connectivity index (χ3v) is 5.30. The Kier molecular flexibility index (Phi) is 4.95. The maximum Gasteiger partial charge on any atom is 0.253 e. The molecule has 0 aromatic carbocycles. The fourth-order valence-electron chi connectivity index (χ4n) is 3.75. The molecule has 26 heavy (non-hydrogen) atoms. The highest BCUT2D eigenvalue weighted by molar-refractivity contribution is 5.94. The minimum Gasteiger partial charge on any atom is -0.372 e. The van der Waals surface area contributed by atoms with Crippen molar-refractivity contribution in [1.82, 2.24) is 14.9 Å². The first-order valence-corrected chi connectivity index (χ1v) is 9.08. The third kappa shape index (κ3) is 3.76. The van der Waals surface area contributed by atoms with Gasteiger partial charge in [0.25, 0.3) is 5.91 Å². The van der Waals surface area contributed by atoms with Crippen molar-refractivity contribution < 1.29 is 14.3 Å². The second-order valence-electron chi connectivity index (χ2n) is 7.01. The molecule has 4 heterocycles. The predicted molar refractivity (Wildman–Crippen MR) is 95.5 cm³/mol. The monoisotopic (exact) mass is 353 g/mol. The zero-order valence-electron chi connectivity index (χ0n) is 14.7. The highest BCUT2D eigenvalue weighted by Crippen LogP contribution is 2.37. The molecule has 1 atom stereocenters. The zero-order valence-corrected chi connectivity index (χ0v) is 14.7. The number of aromatic nitrogens is 2. The van der Waals surface area contributed by atoms with Crippen LogP contribution in [0.4, 0.5) is 0 Å². The molecule has 2 saturated heterocycles. The van der Waals surface area contributed by atoms with E-state index in [2.05, 4.69) is 9.97 Å². The number of carbonyl (C=O) groups excluding carboxylic acids is 1.